The molecular weight excluding hydrogens is 202 g/mol. The number of anilines is 1. The number of hydrogen-bond donors (Lipinski definition) is 3. The zero-order chi connectivity index (χ0) is 11.1. The Morgan fingerprint density at radius 1 is 1.31 bits per heavy atom. The highest BCUT2D eigenvalue weighted by Crippen LogP contribution is 2.40. The number of nitrogens with two attached hydrogens (primary N) is 1. The van der Waals surface area contributed by atoms with Crippen LogP contribution in [0.5, 0.6) is 5.75 Å². The van der Waals surface area contributed by atoms with Crippen molar-refractivity contribution in [1.29, 1.82) is 0 Å². The van der Waals surface area contributed by atoms with Gasteiger partial charge in [0.15, 0.2) is 0 Å². The van der Waals surface area contributed by atoms with Crippen molar-refractivity contribution < 1.29 is 5.11 Å². The second-order valence-electron chi connectivity index (χ2n) is 4.15. The predicted octanol–water partition coefficient (Wildman–Crippen LogP) is 1.85. The molecular formula is C12H13N3O. The van der Waals surface area contributed by atoms with E-state index in [-0.39, 0.29) is 5.75 Å². The lowest BCUT2D eigenvalue weighted by atomic mass is 9.97. The van der Waals surface area contributed by atoms with Gasteiger partial charge in [-0.2, -0.15) is 5.10 Å². The average Bonchev–Trinajstić information content (AvgIpc) is 2.87. The first-order valence-electron chi connectivity index (χ1n) is 5.40. The molecule has 0 radical (unpaired) electrons. The van der Waals surface area contributed by atoms with Gasteiger partial charge in [0.05, 0.1) is 6.20 Å². The summed E-state index contributed by atoms with van der Waals surface area (Å²) in [5.41, 5.74) is 9.99. The molecule has 82 valence electrons. The number of phenolic OH excluding ortho intramolecular Hbond substituents is 1. The molecule has 0 spiro atoms. The second-order valence-corrected chi connectivity index (χ2v) is 4.15. The van der Waals surface area contributed by atoms with Crippen molar-refractivity contribution in [3.05, 3.63) is 29.5 Å². The number of H-pyrrole nitrogens is 1. The molecule has 4 N–H and O–H groups in total. The molecule has 4 nitrogen and oxygen atoms in total. The molecule has 0 unspecified atom stereocenters. The van der Waals surface area contributed by atoms with Crippen molar-refractivity contribution in [3.8, 4) is 16.9 Å². The third-order valence-electron chi connectivity index (χ3n) is 3.20. The molecule has 3 rings (SSSR count). The third kappa shape index (κ3) is 1.19. The number of aromatic hydroxyl groups is 1. The monoisotopic (exact) mass is 215 g/mol. The fraction of sp³-hybridized carbons (Fsp3) is 0.250. The maximum Gasteiger partial charge on any atom is 0.126 e. The van der Waals surface area contributed by atoms with E-state index in [4.69, 9.17) is 5.73 Å². The van der Waals surface area contributed by atoms with Crippen molar-refractivity contribution in [1.82, 2.24) is 10.2 Å². The number of aromatic amines is 1. The fourth-order valence-electron chi connectivity index (χ4n) is 2.45. The standard InChI is InChI=1S/C12H13N3O/c13-12-9(6-14-15-12)11-8-3-1-2-7(8)4-5-10(11)16/h4-6,16H,1-3H2,(H3,13,14,15). The minimum atomic E-state index is 0.286. The highest BCUT2D eigenvalue weighted by atomic mass is 16.3. The minimum absolute atomic E-state index is 0.286. The van der Waals surface area contributed by atoms with Gasteiger partial charge in [-0.15, -0.1) is 0 Å². The molecule has 0 atom stereocenters. The van der Waals surface area contributed by atoms with Crippen LogP contribution in [-0.4, -0.2) is 15.3 Å². The van der Waals surface area contributed by atoms with Crippen molar-refractivity contribution in [2.75, 3.05) is 5.73 Å². The molecule has 0 saturated heterocycles. The van der Waals surface area contributed by atoms with Crippen LogP contribution in [0.2, 0.25) is 0 Å². The van der Waals surface area contributed by atoms with Gasteiger partial charge in [-0.3, -0.25) is 5.10 Å². The number of rotatable bonds is 1. The van der Waals surface area contributed by atoms with E-state index in [0.29, 0.717) is 5.82 Å². The Hall–Kier alpha value is -1.97. The molecule has 1 aliphatic rings. The van der Waals surface area contributed by atoms with E-state index in [0.717, 1.165) is 30.4 Å². The predicted molar refractivity (Wildman–Crippen MR) is 62.1 cm³/mol. The van der Waals surface area contributed by atoms with Crippen molar-refractivity contribution >= 4 is 5.82 Å². The zero-order valence-electron chi connectivity index (χ0n) is 8.83. The van der Waals surface area contributed by atoms with Crippen molar-refractivity contribution in [2.24, 2.45) is 0 Å². The summed E-state index contributed by atoms with van der Waals surface area (Å²) < 4.78 is 0. The first-order chi connectivity index (χ1) is 7.77. The Kier molecular flexibility index (Phi) is 1.89. The van der Waals surface area contributed by atoms with E-state index in [1.165, 1.54) is 11.1 Å². The van der Waals surface area contributed by atoms with Gasteiger partial charge < -0.3 is 10.8 Å². The zero-order valence-corrected chi connectivity index (χ0v) is 8.83. The van der Waals surface area contributed by atoms with E-state index in [2.05, 4.69) is 10.2 Å². The van der Waals surface area contributed by atoms with Crippen LogP contribution in [0.15, 0.2) is 18.3 Å². The van der Waals surface area contributed by atoms with Crippen LogP contribution in [-0.2, 0) is 12.8 Å². The number of aryl methyl sites for hydroxylation is 1. The number of hydrogen-bond acceptors (Lipinski definition) is 3. The van der Waals surface area contributed by atoms with Gasteiger partial charge in [-0.1, -0.05) is 6.07 Å². The van der Waals surface area contributed by atoms with E-state index in [1.807, 2.05) is 6.07 Å². The van der Waals surface area contributed by atoms with Gasteiger partial charge in [0, 0.05) is 11.1 Å². The summed E-state index contributed by atoms with van der Waals surface area (Å²) in [6.07, 6.45) is 4.90. The minimum Gasteiger partial charge on any atom is -0.507 e. The number of nitrogens with one attached hydrogen (secondary N) is 1. The van der Waals surface area contributed by atoms with Crippen LogP contribution in [0.25, 0.3) is 11.1 Å². The molecule has 0 aliphatic heterocycles. The van der Waals surface area contributed by atoms with E-state index >= 15 is 0 Å². The summed E-state index contributed by atoms with van der Waals surface area (Å²) in [4.78, 5) is 0. The van der Waals surface area contributed by atoms with Gasteiger partial charge in [-0.05, 0) is 36.5 Å². The van der Waals surface area contributed by atoms with E-state index < -0.39 is 0 Å². The lowest BCUT2D eigenvalue weighted by Gasteiger charge is -2.09. The van der Waals surface area contributed by atoms with Crippen LogP contribution in [0.4, 0.5) is 5.82 Å². The number of phenols is 1. The topological polar surface area (TPSA) is 74.9 Å². The summed E-state index contributed by atoms with van der Waals surface area (Å²) >= 11 is 0. The Labute approximate surface area is 93.1 Å². The lowest BCUT2D eigenvalue weighted by Crippen LogP contribution is -1.92. The number of aromatic nitrogens is 2. The fourth-order valence-corrected chi connectivity index (χ4v) is 2.45. The Morgan fingerprint density at radius 2 is 2.19 bits per heavy atom. The molecule has 2 aromatic rings. The van der Waals surface area contributed by atoms with Gasteiger partial charge in [-0.25, -0.2) is 0 Å². The number of nitrogen functional groups attached to an aromatic ring is 1. The average molecular weight is 215 g/mol. The summed E-state index contributed by atoms with van der Waals surface area (Å²) in [5.74, 6) is 0.796. The molecule has 1 aromatic heterocycles. The number of fused-ring (bicyclic) bond motifs is 1. The molecule has 0 amide bonds. The second kappa shape index (κ2) is 3.27. The van der Waals surface area contributed by atoms with Crippen LogP contribution >= 0.6 is 0 Å². The summed E-state index contributed by atoms with van der Waals surface area (Å²) in [5, 5.41) is 16.6. The van der Waals surface area contributed by atoms with E-state index in [1.54, 1.807) is 12.3 Å². The van der Waals surface area contributed by atoms with Gasteiger partial charge in [0.2, 0.25) is 0 Å². The molecule has 16 heavy (non-hydrogen) atoms. The molecule has 1 aliphatic carbocycles. The highest BCUT2D eigenvalue weighted by Gasteiger charge is 2.20. The smallest absolute Gasteiger partial charge is 0.126 e. The third-order valence-corrected chi connectivity index (χ3v) is 3.20. The molecule has 0 bridgehead atoms. The normalized spacial score (nSPS) is 14.0. The SMILES string of the molecule is Nc1[nH]ncc1-c1c(O)ccc2c1CCC2. The van der Waals surface area contributed by atoms with Crippen LogP contribution in [0, 0.1) is 0 Å². The Morgan fingerprint density at radius 3 is 2.94 bits per heavy atom. The molecule has 0 fully saturated rings. The van der Waals surface area contributed by atoms with Gasteiger partial charge >= 0.3 is 0 Å². The largest absolute Gasteiger partial charge is 0.507 e. The Bertz CT molecular complexity index is 545. The van der Waals surface area contributed by atoms with E-state index in [9.17, 15) is 5.11 Å². The van der Waals surface area contributed by atoms with Gasteiger partial charge in [0.1, 0.15) is 11.6 Å². The quantitative estimate of drug-likeness (QED) is 0.679. The summed E-state index contributed by atoms with van der Waals surface area (Å²) in [6.45, 7) is 0. The summed E-state index contributed by atoms with van der Waals surface area (Å²) in [6, 6.07) is 3.74. The van der Waals surface area contributed by atoms with Crippen LogP contribution in [0.3, 0.4) is 0 Å². The van der Waals surface area contributed by atoms with Crippen LogP contribution in [0.1, 0.15) is 17.5 Å². The highest BCUT2D eigenvalue weighted by molar-refractivity contribution is 5.81. The maximum absolute atomic E-state index is 9.97. The lowest BCUT2D eigenvalue weighted by molar-refractivity contribution is 0.477. The number of benzene rings is 1. The molecule has 4 heteroatoms. The number of nitrogens with zero attached hydrogens (tertiary/aromatic N) is 1. The Balaban J connectivity index is 2.28. The first kappa shape index (κ1) is 9.27. The first-order valence-corrected chi connectivity index (χ1v) is 5.40. The van der Waals surface area contributed by atoms with Gasteiger partial charge in [0.25, 0.3) is 0 Å². The van der Waals surface area contributed by atoms with Crippen LogP contribution < -0.4 is 5.73 Å². The van der Waals surface area contributed by atoms with Crippen molar-refractivity contribution in [2.45, 2.75) is 19.3 Å². The molecule has 0 saturated carbocycles. The maximum atomic E-state index is 9.97. The molecule has 1 aromatic carbocycles. The molecule has 1 heterocycles. The van der Waals surface area contributed by atoms with Crippen molar-refractivity contribution in [3.63, 3.8) is 0 Å². The summed E-state index contributed by atoms with van der Waals surface area (Å²) in [7, 11) is 0.